The number of rotatable bonds is 4. The maximum Gasteiger partial charge on any atom is 0.227 e. The van der Waals surface area contributed by atoms with Crippen molar-refractivity contribution in [2.24, 2.45) is 11.8 Å². The zero-order valence-electron chi connectivity index (χ0n) is 15.6. The predicted octanol–water partition coefficient (Wildman–Crippen LogP) is 4.62. The minimum atomic E-state index is -0.0697. The van der Waals surface area contributed by atoms with Gasteiger partial charge in [-0.3, -0.25) is 14.6 Å². The lowest BCUT2D eigenvalue weighted by molar-refractivity contribution is -0.125. The van der Waals surface area contributed by atoms with Crippen molar-refractivity contribution in [1.82, 2.24) is 4.98 Å². The standard InChI is InChI=1S/C23H23N3O2/c27-22(25-19-8-2-1-3-9-19)17-11-13-18(14-12-17)23(28)26-20-10-4-6-16-7-5-15-24-21(16)20/h1-10,15,17-18H,11-14H2,(H,25,27)(H,26,28). The molecule has 0 atom stereocenters. The smallest absolute Gasteiger partial charge is 0.227 e. The van der Waals surface area contributed by atoms with E-state index in [0.717, 1.165) is 48.0 Å². The summed E-state index contributed by atoms with van der Waals surface area (Å²) >= 11 is 0. The number of amides is 2. The number of benzene rings is 2. The summed E-state index contributed by atoms with van der Waals surface area (Å²) in [5, 5.41) is 7.01. The molecule has 1 heterocycles. The molecule has 4 rings (SSSR count). The first-order chi connectivity index (χ1) is 13.7. The van der Waals surface area contributed by atoms with Gasteiger partial charge in [0.05, 0.1) is 11.2 Å². The summed E-state index contributed by atoms with van der Waals surface area (Å²) in [6.45, 7) is 0. The van der Waals surface area contributed by atoms with Gasteiger partial charge in [0.2, 0.25) is 11.8 Å². The molecule has 0 bridgehead atoms. The van der Waals surface area contributed by atoms with Gasteiger partial charge in [0, 0.05) is 29.1 Å². The zero-order valence-corrected chi connectivity index (χ0v) is 15.6. The summed E-state index contributed by atoms with van der Waals surface area (Å²) in [6.07, 6.45) is 4.62. The van der Waals surface area contributed by atoms with E-state index in [1.54, 1.807) is 6.20 Å². The van der Waals surface area contributed by atoms with E-state index < -0.39 is 0 Å². The monoisotopic (exact) mass is 373 g/mol. The van der Waals surface area contributed by atoms with E-state index in [-0.39, 0.29) is 23.7 Å². The van der Waals surface area contributed by atoms with Crippen molar-refractivity contribution in [1.29, 1.82) is 0 Å². The Morgan fingerprint density at radius 2 is 1.39 bits per heavy atom. The van der Waals surface area contributed by atoms with Crippen LogP contribution < -0.4 is 10.6 Å². The van der Waals surface area contributed by atoms with E-state index >= 15 is 0 Å². The third-order valence-corrected chi connectivity index (χ3v) is 5.40. The Balaban J connectivity index is 1.34. The molecule has 1 fully saturated rings. The van der Waals surface area contributed by atoms with Crippen LogP contribution >= 0.6 is 0 Å². The number of anilines is 2. The Kier molecular flexibility index (Phi) is 5.33. The van der Waals surface area contributed by atoms with Crippen molar-refractivity contribution in [3.05, 3.63) is 66.9 Å². The highest BCUT2D eigenvalue weighted by molar-refractivity contribution is 6.01. The van der Waals surface area contributed by atoms with E-state index in [1.807, 2.05) is 60.7 Å². The maximum atomic E-state index is 12.7. The summed E-state index contributed by atoms with van der Waals surface area (Å²) in [4.78, 5) is 29.6. The van der Waals surface area contributed by atoms with Gasteiger partial charge in [-0.15, -0.1) is 0 Å². The highest BCUT2D eigenvalue weighted by Crippen LogP contribution is 2.31. The lowest BCUT2D eigenvalue weighted by Crippen LogP contribution is -2.32. The van der Waals surface area contributed by atoms with Crippen LogP contribution in [0.4, 0.5) is 11.4 Å². The molecule has 1 aromatic heterocycles. The highest BCUT2D eigenvalue weighted by Gasteiger charge is 2.30. The summed E-state index contributed by atoms with van der Waals surface area (Å²) in [6, 6.07) is 19.1. The third-order valence-electron chi connectivity index (χ3n) is 5.40. The van der Waals surface area contributed by atoms with Crippen molar-refractivity contribution in [3.8, 4) is 0 Å². The largest absolute Gasteiger partial charge is 0.326 e. The van der Waals surface area contributed by atoms with Gasteiger partial charge < -0.3 is 10.6 Å². The maximum absolute atomic E-state index is 12.7. The molecule has 3 aromatic rings. The second-order valence-electron chi connectivity index (χ2n) is 7.27. The minimum absolute atomic E-state index is 0.0140. The normalized spacial score (nSPS) is 19.1. The van der Waals surface area contributed by atoms with Gasteiger partial charge in [-0.2, -0.15) is 0 Å². The molecule has 28 heavy (non-hydrogen) atoms. The Morgan fingerprint density at radius 1 is 0.750 bits per heavy atom. The van der Waals surface area contributed by atoms with Crippen LogP contribution in [0.1, 0.15) is 25.7 Å². The topological polar surface area (TPSA) is 71.1 Å². The van der Waals surface area contributed by atoms with Crippen molar-refractivity contribution in [2.75, 3.05) is 10.6 Å². The molecule has 0 saturated heterocycles. The number of hydrogen-bond donors (Lipinski definition) is 2. The number of fused-ring (bicyclic) bond motifs is 1. The van der Waals surface area contributed by atoms with Gasteiger partial charge in [-0.05, 0) is 49.9 Å². The lowest BCUT2D eigenvalue weighted by Gasteiger charge is -2.27. The summed E-state index contributed by atoms with van der Waals surface area (Å²) < 4.78 is 0. The first kappa shape index (κ1) is 18.2. The average Bonchev–Trinajstić information content (AvgIpc) is 2.75. The van der Waals surface area contributed by atoms with Crippen LogP contribution in [0.25, 0.3) is 10.9 Å². The molecular formula is C23H23N3O2. The number of nitrogens with one attached hydrogen (secondary N) is 2. The second-order valence-corrected chi connectivity index (χ2v) is 7.27. The molecule has 2 amide bonds. The number of carbonyl (C=O) groups is 2. The number of para-hydroxylation sites is 2. The average molecular weight is 373 g/mol. The van der Waals surface area contributed by atoms with Gasteiger partial charge in [-0.1, -0.05) is 36.4 Å². The van der Waals surface area contributed by atoms with Crippen LogP contribution in [-0.4, -0.2) is 16.8 Å². The van der Waals surface area contributed by atoms with Crippen molar-refractivity contribution < 1.29 is 9.59 Å². The third kappa shape index (κ3) is 4.03. The lowest BCUT2D eigenvalue weighted by atomic mass is 9.81. The Labute approximate surface area is 164 Å². The molecule has 0 radical (unpaired) electrons. The van der Waals surface area contributed by atoms with Crippen LogP contribution in [0.3, 0.4) is 0 Å². The summed E-state index contributed by atoms with van der Waals surface area (Å²) in [5.74, 6) is -0.0494. The fourth-order valence-corrected chi connectivity index (χ4v) is 3.82. The molecule has 142 valence electrons. The molecule has 0 unspecified atom stereocenters. The quantitative estimate of drug-likeness (QED) is 0.701. The number of nitrogens with zero attached hydrogens (tertiary/aromatic N) is 1. The van der Waals surface area contributed by atoms with Gasteiger partial charge in [0.15, 0.2) is 0 Å². The minimum Gasteiger partial charge on any atom is -0.326 e. The summed E-state index contributed by atoms with van der Waals surface area (Å²) in [5.41, 5.74) is 2.36. The number of carbonyl (C=O) groups excluding carboxylic acids is 2. The molecule has 5 heteroatoms. The second kappa shape index (κ2) is 8.21. The molecule has 5 nitrogen and oxygen atoms in total. The van der Waals surface area contributed by atoms with Crippen LogP contribution in [0.2, 0.25) is 0 Å². The molecule has 0 aliphatic heterocycles. The zero-order chi connectivity index (χ0) is 19.3. The molecule has 2 aromatic carbocycles. The first-order valence-electron chi connectivity index (χ1n) is 9.71. The van der Waals surface area contributed by atoms with E-state index in [9.17, 15) is 9.59 Å². The number of pyridine rings is 1. The fraction of sp³-hybridized carbons (Fsp3) is 0.261. The first-order valence-corrected chi connectivity index (χ1v) is 9.71. The van der Waals surface area contributed by atoms with Gasteiger partial charge in [0.25, 0.3) is 0 Å². The van der Waals surface area contributed by atoms with Crippen LogP contribution in [0.5, 0.6) is 0 Å². The molecular weight excluding hydrogens is 350 g/mol. The van der Waals surface area contributed by atoms with Crippen molar-refractivity contribution in [3.63, 3.8) is 0 Å². The Morgan fingerprint density at radius 3 is 2.11 bits per heavy atom. The van der Waals surface area contributed by atoms with Crippen LogP contribution in [0.15, 0.2) is 66.9 Å². The Hall–Kier alpha value is -3.21. The molecule has 1 saturated carbocycles. The van der Waals surface area contributed by atoms with Crippen molar-refractivity contribution in [2.45, 2.75) is 25.7 Å². The molecule has 1 aliphatic carbocycles. The number of hydrogen-bond acceptors (Lipinski definition) is 3. The molecule has 1 aliphatic rings. The molecule has 2 N–H and O–H groups in total. The highest BCUT2D eigenvalue weighted by atomic mass is 16.2. The van der Waals surface area contributed by atoms with E-state index in [4.69, 9.17) is 0 Å². The van der Waals surface area contributed by atoms with Gasteiger partial charge >= 0.3 is 0 Å². The van der Waals surface area contributed by atoms with E-state index in [1.165, 1.54) is 0 Å². The Bertz CT molecular complexity index is 974. The van der Waals surface area contributed by atoms with E-state index in [0.29, 0.717) is 0 Å². The van der Waals surface area contributed by atoms with E-state index in [2.05, 4.69) is 15.6 Å². The predicted molar refractivity (Wildman–Crippen MR) is 111 cm³/mol. The SMILES string of the molecule is O=C(Nc1ccccc1)C1CCC(C(=O)Nc2cccc3cccnc23)CC1. The van der Waals surface area contributed by atoms with Crippen LogP contribution in [-0.2, 0) is 9.59 Å². The van der Waals surface area contributed by atoms with Gasteiger partial charge in [-0.25, -0.2) is 0 Å². The summed E-state index contributed by atoms with van der Waals surface area (Å²) in [7, 11) is 0. The number of aromatic nitrogens is 1. The fourth-order valence-electron chi connectivity index (χ4n) is 3.82. The van der Waals surface area contributed by atoms with Gasteiger partial charge in [0.1, 0.15) is 0 Å². The van der Waals surface area contributed by atoms with Crippen molar-refractivity contribution >= 4 is 34.1 Å². The van der Waals surface area contributed by atoms with Crippen LogP contribution in [0, 0.1) is 11.8 Å². The molecule has 0 spiro atoms.